The van der Waals surface area contributed by atoms with Crippen LogP contribution in [0.3, 0.4) is 0 Å². The molecule has 0 spiro atoms. The van der Waals surface area contributed by atoms with Gasteiger partial charge in [-0.1, -0.05) is 13.8 Å². The van der Waals surface area contributed by atoms with Gasteiger partial charge >= 0.3 is 0 Å². The van der Waals surface area contributed by atoms with Crippen molar-refractivity contribution in [1.82, 2.24) is 20.5 Å². The van der Waals surface area contributed by atoms with Gasteiger partial charge in [0.25, 0.3) is 0 Å². The van der Waals surface area contributed by atoms with E-state index in [4.69, 9.17) is 0 Å². The van der Waals surface area contributed by atoms with Crippen LogP contribution in [0, 0.1) is 5.92 Å². The number of rotatable bonds is 5. The number of nitrogens with zero attached hydrogens (tertiary/aromatic N) is 4. The van der Waals surface area contributed by atoms with Gasteiger partial charge in [-0.25, -0.2) is 4.98 Å². The summed E-state index contributed by atoms with van der Waals surface area (Å²) in [4.78, 5) is 24.6. The van der Waals surface area contributed by atoms with Crippen molar-refractivity contribution in [2.75, 3.05) is 39.1 Å². The molecule has 1 unspecified atom stereocenters. The van der Waals surface area contributed by atoms with Crippen molar-refractivity contribution in [2.24, 2.45) is 10.9 Å². The van der Waals surface area contributed by atoms with Crippen molar-refractivity contribution in [3.05, 3.63) is 23.9 Å². The normalized spacial score (nSPS) is 17.8. The van der Waals surface area contributed by atoms with Crippen LogP contribution in [-0.4, -0.2) is 62.0 Å². The Morgan fingerprint density at radius 3 is 2.88 bits per heavy atom. The van der Waals surface area contributed by atoms with Crippen LogP contribution in [0.25, 0.3) is 0 Å². The highest BCUT2D eigenvalue weighted by atomic mass is 16.2. The second-order valence-electron chi connectivity index (χ2n) is 6.91. The number of aliphatic imine (C=N–C) groups is 1. The second-order valence-corrected chi connectivity index (χ2v) is 6.91. The molecule has 2 heterocycles. The number of anilines is 1. The van der Waals surface area contributed by atoms with Crippen molar-refractivity contribution in [2.45, 2.75) is 32.9 Å². The van der Waals surface area contributed by atoms with Crippen LogP contribution in [0.1, 0.15) is 25.8 Å². The van der Waals surface area contributed by atoms with Crippen molar-refractivity contribution >= 4 is 17.7 Å². The van der Waals surface area contributed by atoms with Crippen LogP contribution in [0.5, 0.6) is 0 Å². The van der Waals surface area contributed by atoms with Gasteiger partial charge in [0.2, 0.25) is 5.91 Å². The van der Waals surface area contributed by atoms with Gasteiger partial charge in [-0.2, -0.15) is 0 Å². The van der Waals surface area contributed by atoms with E-state index >= 15 is 0 Å². The number of guanidine groups is 1. The Balaban J connectivity index is 1.85. The molecule has 1 aromatic rings. The van der Waals surface area contributed by atoms with Crippen molar-refractivity contribution in [3.63, 3.8) is 0 Å². The average molecular weight is 346 g/mol. The molecule has 1 atom stereocenters. The lowest BCUT2D eigenvalue weighted by atomic mass is 10.2. The minimum Gasteiger partial charge on any atom is -0.363 e. The van der Waals surface area contributed by atoms with E-state index in [1.54, 1.807) is 7.05 Å². The summed E-state index contributed by atoms with van der Waals surface area (Å²) in [5, 5.41) is 6.75. The van der Waals surface area contributed by atoms with E-state index in [1.165, 1.54) is 0 Å². The molecule has 138 valence electrons. The maximum atomic E-state index is 12.1. The summed E-state index contributed by atoms with van der Waals surface area (Å²) in [5.74, 6) is 1.96. The van der Waals surface area contributed by atoms with E-state index in [1.807, 2.05) is 50.0 Å². The molecule has 2 N–H and O–H groups in total. The molecule has 1 aliphatic heterocycles. The summed E-state index contributed by atoms with van der Waals surface area (Å²) < 4.78 is 0. The number of amides is 1. The van der Waals surface area contributed by atoms with Crippen LogP contribution in [0.4, 0.5) is 5.82 Å². The van der Waals surface area contributed by atoms with Gasteiger partial charge in [-0.15, -0.1) is 0 Å². The number of hydrogen-bond donors (Lipinski definition) is 2. The number of nitrogens with one attached hydrogen (secondary N) is 2. The molecule has 0 radical (unpaired) electrons. The van der Waals surface area contributed by atoms with Crippen molar-refractivity contribution < 1.29 is 4.79 Å². The fourth-order valence-electron chi connectivity index (χ4n) is 2.83. The Kier molecular flexibility index (Phi) is 6.61. The molecule has 7 nitrogen and oxygen atoms in total. The highest BCUT2D eigenvalue weighted by Crippen LogP contribution is 2.13. The molecule has 1 amide bonds. The molecule has 7 heteroatoms. The average Bonchev–Trinajstić information content (AvgIpc) is 3.06. The molecule has 0 aromatic carbocycles. The van der Waals surface area contributed by atoms with Gasteiger partial charge in [0, 0.05) is 58.9 Å². The quantitative estimate of drug-likeness (QED) is 0.616. The van der Waals surface area contributed by atoms with E-state index in [9.17, 15) is 4.79 Å². The number of aromatic nitrogens is 1. The number of likely N-dealkylation sites (tertiary alicyclic amines) is 1. The van der Waals surface area contributed by atoms with Crippen LogP contribution >= 0.6 is 0 Å². The third-order valence-corrected chi connectivity index (χ3v) is 4.29. The van der Waals surface area contributed by atoms with Crippen LogP contribution < -0.4 is 15.5 Å². The minimum atomic E-state index is 0.0498. The first-order chi connectivity index (χ1) is 11.9. The van der Waals surface area contributed by atoms with E-state index in [0.717, 1.165) is 36.9 Å². The van der Waals surface area contributed by atoms with E-state index in [-0.39, 0.29) is 17.9 Å². The molecule has 1 aromatic heterocycles. The monoisotopic (exact) mass is 346 g/mol. The first-order valence-electron chi connectivity index (χ1n) is 8.79. The summed E-state index contributed by atoms with van der Waals surface area (Å²) in [6, 6.07) is 4.29. The molecule has 1 fully saturated rings. The summed E-state index contributed by atoms with van der Waals surface area (Å²) in [7, 11) is 5.72. The highest BCUT2D eigenvalue weighted by molar-refractivity contribution is 5.81. The van der Waals surface area contributed by atoms with E-state index < -0.39 is 0 Å². The topological polar surface area (TPSA) is 72.9 Å². The van der Waals surface area contributed by atoms with Crippen molar-refractivity contribution in [3.8, 4) is 0 Å². The standard InChI is InChI=1S/C18H30N6O/c1-13(2)17(25)24-9-7-15(12-24)22-18(19-3)21-11-14-6-8-20-16(10-14)23(4)5/h6,8,10,13,15H,7,9,11-12H2,1-5H3,(H2,19,21,22). The van der Waals surface area contributed by atoms with Gasteiger partial charge in [-0.3, -0.25) is 9.79 Å². The molecular formula is C18H30N6O. The minimum absolute atomic E-state index is 0.0498. The Morgan fingerprint density at radius 2 is 2.24 bits per heavy atom. The lowest BCUT2D eigenvalue weighted by molar-refractivity contribution is -0.133. The zero-order valence-corrected chi connectivity index (χ0v) is 15.9. The molecule has 2 rings (SSSR count). The highest BCUT2D eigenvalue weighted by Gasteiger charge is 2.27. The summed E-state index contributed by atoms with van der Waals surface area (Å²) in [6.07, 6.45) is 2.76. The molecule has 25 heavy (non-hydrogen) atoms. The molecule has 0 saturated carbocycles. The maximum Gasteiger partial charge on any atom is 0.225 e. The first kappa shape index (κ1) is 19.0. The second kappa shape index (κ2) is 8.69. The first-order valence-corrected chi connectivity index (χ1v) is 8.79. The molecular weight excluding hydrogens is 316 g/mol. The van der Waals surface area contributed by atoms with E-state index in [0.29, 0.717) is 6.54 Å². The van der Waals surface area contributed by atoms with Gasteiger partial charge < -0.3 is 20.4 Å². The third kappa shape index (κ3) is 5.34. The van der Waals surface area contributed by atoms with Crippen LogP contribution in [0.15, 0.2) is 23.3 Å². The van der Waals surface area contributed by atoms with Crippen molar-refractivity contribution in [1.29, 1.82) is 0 Å². The lowest BCUT2D eigenvalue weighted by Crippen LogP contribution is -2.45. The van der Waals surface area contributed by atoms with Gasteiger partial charge in [0.05, 0.1) is 0 Å². The Bertz CT molecular complexity index is 613. The number of carbonyl (C=O) groups is 1. The van der Waals surface area contributed by atoms with E-state index in [2.05, 4.69) is 26.7 Å². The third-order valence-electron chi connectivity index (χ3n) is 4.29. The Morgan fingerprint density at radius 1 is 1.48 bits per heavy atom. The number of hydrogen-bond acceptors (Lipinski definition) is 4. The lowest BCUT2D eigenvalue weighted by Gasteiger charge is -2.20. The predicted octanol–water partition coefficient (Wildman–Crippen LogP) is 1.07. The predicted molar refractivity (Wildman–Crippen MR) is 102 cm³/mol. The van der Waals surface area contributed by atoms with Crippen LogP contribution in [-0.2, 0) is 11.3 Å². The fraction of sp³-hybridized carbons (Fsp3) is 0.611. The fourth-order valence-corrected chi connectivity index (χ4v) is 2.83. The summed E-state index contributed by atoms with van der Waals surface area (Å²) in [6.45, 7) is 6.10. The van der Waals surface area contributed by atoms with Crippen LogP contribution in [0.2, 0.25) is 0 Å². The van der Waals surface area contributed by atoms with Gasteiger partial charge in [0.15, 0.2) is 5.96 Å². The SMILES string of the molecule is CN=C(NCc1ccnc(N(C)C)c1)NC1CCN(C(=O)C(C)C)C1. The van der Waals surface area contributed by atoms with Gasteiger partial charge in [0.1, 0.15) is 5.82 Å². The maximum absolute atomic E-state index is 12.1. The number of pyridine rings is 1. The molecule has 1 saturated heterocycles. The molecule has 0 bridgehead atoms. The largest absolute Gasteiger partial charge is 0.363 e. The molecule has 1 aliphatic rings. The van der Waals surface area contributed by atoms with Gasteiger partial charge in [-0.05, 0) is 24.1 Å². The zero-order chi connectivity index (χ0) is 18.4. The molecule has 0 aliphatic carbocycles. The Labute approximate surface area is 150 Å². The summed E-state index contributed by atoms with van der Waals surface area (Å²) >= 11 is 0. The summed E-state index contributed by atoms with van der Waals surface area (Å²) in [5.41, 5.74) is 1.14. The zero-order valence-electron chi connectivity index (χ0n) is 15.9. The number of carbonyl (C=O) groups excluding carboxylic acids is 1. The smallest absolute Gasteiger partial charge is 0.225 e. The Hall–Kier alpha value is -2.31.